The molecule has 0 radical (unpaired) electrons. The van der Waals surface area contributed by atoms with Crippen LogP contribution in [0.1, 0.15) is 23.4 Å². The van der Waals surface area contributed by atoms with Crippen molar-refractivity contribution < 1.29 is 4.79 Å². The number of likely N-dealkylation sites (N-methyl/N-ethyl adjacent to an activating group) is 1. The van der Waals surface area contributed by atoms with Gasteiger partial charge in [-0.1, -0.05) is 0 Å². The Morgan fingerprint density at radius 1 is 1.41 bits per heavy atom. The standard InChI is InChI=1S/C12H22N4O/c1-9-11(10(2)15-14-9)5-6-12(17)13-7-8-16(3)4/h5-8H2,1-4H3,(H,13,17)(H,14,15). The van der Waals surface area contributed by atoms with Crippen LogP contribution in [0.4, 0.5) is 0 Å². The molecule has 0 aliphatic heterocycles. The van der Waals surface area contributed by atoms with E-state index in [1.165, 1.54) is 0 Å². The van der Waals surface area contributed by atoms with Gasteiger partial charge in [-0.15, -0.1) is 0 Å². The summed E-state index contributed by atoms with van der Waals surface area (Å²) in [6.45, 7) is 5.52. The van der Waals surface area contributed by atoms with Gasteiger partial charge in [-0.25, -0.2) is 0 Å². The van der Waals surface area contributed by atoms with Gasteiger partial charge in [-0.3, -0.25) is 9.89 Å². The Bertz CT molecular complexity index is 351. The van der Waals surface area contributed by atoms with Gasteiger partial charge in [0.25, 0.3) is 0 Å². The Hall–Kier alpha value is -1.36. The third-order valence-corrected chi connectivity index (χ3v) is 2.76. The lowest BCUT2D eigenvalue weighted by Gasteiger charge is -2.10. The minimum absolute atomic E-state index is 0.104. The smallest absolute Gasteiger partial charge is 0.220 e. The zero-order chi connectivity index (χ0) is 12.8. The van der Waals surface area contributed by atoms with Crippen LogP contribution in [0, 0.1) is 13.8 Å². The average Bonchev–Trinajstić information content (AvgIpc) is 2.55. The molecule has 0 fully saturated rings. The molecule has 0 aliphatic rings. The minimum atomic E-state index is 0.104. The van der Waals surface area contributed by atoms with E-state index in [1.807, 2.05) is 32.8 Å². The van der Waals surface area contributed by atoms with Crippen LogP contribution < -0.4 is 5.32 Å². The second-order valence-electron chi connectivity index (χ2n) is 4.57. The van der Waals surface area contributed by atoms with Crippen molar-refractivity contribution in [1.82, 2.24) is 20.4 Å². The number of amides is 1. The molecule has 0 atom stereocenters. The first-order chi connectivity index (χ1) is 8.00. The predicted octanol–water partition coefficient (Wildman–Crippen LogP) is 0.637. The maximum atomic E-state index is 11.6. The van der Waals surface area contributed by atoms with Crippen LogP contribution in [0.3, 0.4) is 0 Å². The van der Waals surface area contributed by atoms with Gasteiger partial charge >= 0.3 is 0 Å². The molecule has 0 aromatic carbocycles. The summed E-state index contributed by atoms with van der Waals surface area (Å²) < 4.78 is 0. The highest BCUT2D eigenvalue weighted by atomic mass is 16.1. The fraction of sp³-hybridized carbons (Fsp3) is 0.667. The molecule has 1 aromatic rings. The van der Waals surface area contributed by atoms with E-state index in [1.54, 1.807) is 0 Å². The van der Waals surface area contributed by atoms with Crippen molar-refractivity contribution in [3.05, 3.63) is 17.0 Å². The molecule has 96 valence electrons. The van der Waals surface area contributed by atoms with Gasteiger partial charge in [0.1, 0.15) is 0 Å². The van der Waals surface area contributed by atoms with Crippen molar-refractivity contribution in [3.8, 4) is 0 Å². The van der Waals surface area contributed by atoms with Gasteiger partial charge in [0.05, 0.1) is 5.69 Å². The Balaban J connectivity index is 2.29. The molecule has 0 unspecified atom stereocenters. The van der Waals surface area contributed by atoms with Crippen LogP contribution in [0.15, 0.2) is 0 Å². The summed E-state index contributed by atoms with van der Waals surface area (Å²) in [6.07, 6.45) is 1.27. The number of carbonyl (C=O) groups excluding carboxylic acids is 1. The Kier molecular flexibility index (Phi) is 5.15. The number of aromatic nitrogens is 2. The number of hydrogen-bond acceptors (Lipinski definition) is 3. The molecule has 1 amide bonds. The predicted molar refractivity (Wildman–Crippen MR) is 67.9 cm³/mol. The number of aromatic amines is 1. The highest BCUT2D eigenvalue weighted by molar-refractivity contribution is 5.76. The molecule has 0 saturated carbocycles. The number of nitrogens with zero attached hydrogens (tertiary/aromatic N) is 2. The molecule has 1 heterocycles. The molecule has 17 heavy (non-hydrogen) atoms. The summed E-state index contributed by atoms with van der Waals surface area (Å²) in [4.78, 5) is 13.6. The van der Waals surface area contributed by atoms with Gasteiger partial charge in [0, 0.05) is 25.2 Å². The van der Waals surface area contributed by atoms with E-state index in [9.17, 15) is 4.79 Å². The monoisotopic (exact) mass is 238 g/mol. The number of H-pyrrole nitrogens is 1. The third-order valence-electron chi connectivity index (χ3n) is 2.76. The van der Waals surface area contributed by atoms with E-state index >= 15 is 0 Å². The average molecular weight is 238 g/mol. The molecule has 5 heteroatoms. The van der Waals surface area contributed by atoms with Crippen LogP contribution in [-0.4, -0.2) is 48.2 Å². The van der Waals surface area contributed by atoms with E-state index in [4.69, 9.17) is 0 Å². The fourth-order valence-electron chi connectivity index (χ4n) is 1.69. The van der Waals surface area contributed by atoms with Gasteiger partial charge < -0.3 is 10.2 Å². The molecule has 0 bridgehead atoms. The first-order valence-electron chi connectivity index (χ1n) is 5.92. The second-order valence-corrected chi connectivity index (χ2v) is 4.57. The quantitative estimate of drug-likeness (QED) is 0.764. The van der Waals surface area contributed by atoms with Crippen LogP contribution in [0.2, 0.25) is 0 Å². The first kappa shape index (κ1) is 13.7. The van der Waals surface area contributed by atoms with Crippen molar-refractivity contribution in [2.45, 2.75) is 26.7 Å². The van der Waals surface area contributed by atoms with Crippen LogP contribution in [0.25, 0.3) is 0 Å². The Morgan fingerprint density at radius 2 is 2.12 bits per heavy atom. The maximum absolute atomic E-state index is 11.6. The lowest BCUT2D eigenvalue weighted by molar-refractivity contribution is -0.121. The largest absolute Gasteiger partial charge is 0.355 e. The number of hydrogen-bond donors (Lipinski definition) is 2. The number of carbonyl (C=O) groups is 1. The molecule has 0 spiro atoms. The van der Waals surface area contributed by atoms with Gasteiger partial charge in [-0.2, -0.15) is 5.10 Å². The SMILES string of the molecule is Cc1n[nH]c(C)c1CCC(=O)NCCN(C)C. The van der Waals surface area contributed by atoms with Crippen molar-refractivity contribution in [3.63, 3.8) is 0 Å². The summed E-state index contributed by atoms with van der Waals surface area (Å²) >= 11 is 0. The lowest BCUT2D eigenvalue weighted by atomic mass is 10.1. The lowest BCUT2D eigenvalue weighted by Crippen LogP contribution is -2.31. The zero-order valence-electron chi connectivity index (χ0n) is 11.1. The van der Waals surface area contributed by atoms with Gasteiger partial charge in [0.15, 0.2) is 0 Å². The van der Waals surface area contributed by atoms with Gasteiger partial charge in [-0.05, 0) is 39.9 Å². The third kappa shape index (κ3) is 4.56. The van der Waals surface area contributed by atoms with E-state index in [0.29, 0.717) is 13.0 Å². The van der Waals surface area contributed by atoms with Gasteiger partial charge in [0.2, 0.25) is 5.91 Å². The van der Waals surface area contributed by atoms with Crippen LogP contribution >= 0.6 is 0 Å². The van der Waals surface area contributed by atoms with E-state index < -0.39 is 0 Å². The number of nitrogens with one attached hydrogen (secondary N) is 2. The Labute approximate surface area is 103 Å². The van der Waals surface area contributed by atoms with Crippen molar-refractivity contribution in [1.29, 1.82) is 0 Å². The van der Waals surface area contributed by atoms with E-state index in [-0.39, 0.29) is 5.91 Å². The maximum Gasteiger partial charge on any atom is 0.220 e. The first-order valence-corrected chi connectivity index (χ1v) is 5.92. The summed E-state index contributed by atoms with van der Waals surface area (Å²) in [5, 5.41) is 9.95. The topological polar surface area (TPSA) is 61.0 Å². The highest BCUT2D eigenvalue weighted by Crippen LogP contribution is 2.11. The summed E-state index contributed by atoms with van der Waals surface area (Å²) in [7, 11) is 3.98. The summed E-state index contributed by atoms with van der Waals surface area (Å²) in [5.74, 6) is 0.104. The van der Waals surface area contributed by atoms with Crippen LogP contribution in [0.5, 0.6) is 0 Å². The van der Waals surface area contributed by atoms with Crippen molar-refractivity contribution in [2.75, 3.05) is 27.2 Å². The molecule has 2 N–H and O–H groups in total. The zero-order valence-corrected chi connectivity index (χ0v) is 11.1. The van der Waals surface area contributed by atoms with Crippen molar-refractivity contribution >= 4 is 5.91 Å². The summed E-state index contributed by atoms with van der Waals surface area (Å²) in [5.41, 5.74) is 3.21. The van der Waals surface area contributed by atoms with Crippen molar-refractivity contribution in [2.24, 2.45) is 0 Å². The number of aryl methyl sites for hydroxylation is 2. The highest BCUT2D eigenvalue weighted by Gasteiger charge is 2.08. The second kappa shape index (κ2) is 6.39. The van der Waals surface area contributed by atoms with E-state index in [0.717, 1.165) is 29.9 Å². The molecular weight excluding hydrogens is 216 g/mol. The Morgan fingerprint density at radius 3 is 2.65 bits per heavy atom. The molecule has 0 aliphatic carbocycles. The molecular formula is C12H22N4O. The number of rotatable bonds is 6. The molecule has 1 aromatic heterocycles. The van der Waals surface area contributed by atoms with E-state index in [2.05, 4.69) is 15.5 Å². The normalized spacial score (nSPS) is 10.9. The molecule has 0 saturated heterocycles. The molecule has 1 rings (SSSR count). The van der Waals surface area contributed by atoms with Crippen LogP contribution in [-0.2, 0) is 11.2 Å². The minimum Gasteiger partial charge on any atom is -0.355 e. The summed E-state index contributed by atoms with van der Waals surface area (Å²) in [6, 6.07) is 0. The molecule has 5 nitrogen and oxygen atoms in total. The fourth-order valence-corrected chi connectivity index (χ4v) is 1.69.